The van der Waals surface area contributed by atoms with E-state index in [0.717, 1.165) is 0 Å². The lowest BCUT2D eigenvalue weighted by Gasteiger charge is -2.01. The Hall–Kier alpha value is -0.130. The number of aliphatic hydroxyl groups is 1. The molecule has 56 valence electrons. The summed E-state index contributed by atoms with van der Waals surface area (Å²) in [6, 6.07) is 0. The van der Waals surface area contributed by atoms with Crippen molar-refractivity contribution in [1.82, 2.24) is 0 Å². The minimum absolute atomic E-state index is 0.300. The van der Waals surface area contributed by atoms with Gasteiger partial charge >= 0.3 is 0 Å². The van der Waals surface area contributed by atoms with Crippen molar-refractivity contribution in [2.75, 3.05) is 13.2 Å². The normalized spacial score (nSPS) is 14.1. The first-order valence-electron chi connectivity index (χ1n) is 2.66. The molecule has 0 fully saturated rings. The standard InChI is InChI=1S/C4H11NO3S/c5-2-1-4(3-6)9(7)8/h4,6,9H,1-3,5H2. The van der Waals surface area contributed by atoms with Gasteiger partial charge in [-0.25, -0.2) is 8.42 Å². The molecule has 1 atom stereocenters. The fourth-order valence-corrected chi connectivity index (χ4v) is 0.949. The molecule has 0 spiro atoms. The van der Waals surface area contributed by atoms with E-state index >= 15 is 0 Å². The van der Waals surface area contributed by atoms with Crippen molar-refractivity contribution in [3.63, 3.8) is 0 Å². The maximum absolute atomic E-state index is 10.1. The lowest BCUT2D eigenvalue weighted by molar-refractivity contribution is 0.288. The third kappa shape index (κ3) is 3.45. The number of aliphatic hydroxyl groups excluding tert-OH is 1. The van der Waals surface area contributed by atoms with Crippen LogP contribution < -0.4 is 5.73 Å². The third-order valence-corrected chi connectivity index (χ3v) is 2.03. The molecule has 0 aliphatic rings. The number of thiol groups is 1. The lowest BCUT2D eigenvalue weighted by atomic mass is 10.3. The number of hydrogen-bond acceptors (Lipinski definition) is 4. The Morgan fingerprint density at radius 3 is 2.22 bits per heavy atom. The predicted octanol–water partition coefficient (Wildman–Crippen LogP) is -1.69. The molecule has 0 saturated heterocycles. The highest BCUT2D eigenvalue weighted by molar-refractivity contribution is 7.73. The highest BCUT2D eigenvalue weighted by Crippen LogP contribution is 1.91. The summed E-state index contributed by atoms with van der Waals surface area (Å²) in [6.45, 7) is -0.0234. The molecule has 0 radical (unpaired) electrons. The van der Waals surface area contributed by atoms with Crippen molar-refractivity contribution >= 4 is 10.7 Å². The summed E-state index contributed by atoms with van der Waals surface area (Å²) in [7, 11) is -2.50. The largest absolute Gasteiger partial charge is 0.395 e. The van der Waals surface area contributed by atoms with E-state index in [1.807, 2.05) is 0 Å². The molecule has 0 heterocycles. The van der Waals surface area contributed by atoms with Crippen molar-refractivity contribution in [3.05, 3.63) is 0 Å². The molecular weight excluding hydrogens is 142 g/mol. The van der Waals surface area contributed by atoms with Crippen LogP contribution >= 0.6 is 0 Å². The average Bonchev–Trinajstić information content (AvgIpc) is 1.82. The van der Waals surface area contributed by atoms with Crippen LogP contribution in [0.2, 0.25) is 0 Å². The van der Waals surface area contributed by atoms with Crippen LogP contribution in [0.15, 0.2) is 0 Å². The van der Waals surface area contributed by atoms with Crippen LogP contribution in [-0.4, -0.2) is 31.9 Å². The SMILES string of the molecule is NCCC(CO)[SH](=O)=O. The molecule has 0 saturated carbocycles. The molecule has 4 nitrogen and oxygen atoms in total. The second-order valence-electron chi connectivity index (χ2n) is 1.70. The summed E-state index contributed by atoms with van der Waals surface area (Å²) in [6.07, 6.45) is 0.342. The first kappa shape index (κ1) is 8.87. The summed E-state index contributed by atoms with van der Waals surface area (Å²) >= 11 is 0. The van der Waals surface area contributed by atoms with Gasteiger partial charge in [0.05, 0.1) is 11.9 Å². The monoisotopic (exact) mass is 153 g/mol. The molecule has 3 N–H and O–H groups in total. The molecule has 0 aromatic heterocycles. The number of nitrogens with two attached hydrogens (primary N) is 1. The maximum atomic E-state index is 10.1. The molecule has 5 heteroatoms. The number of hydrogen-bond donors (Lipinski definition) is 3. The van der Waals surface area contributed by atoms with Gasteiger partial charge in [-0.05, 0) is 13.0 Å². The Morgan fingerprint density at radius 1 is 1.56 bits per heavy atom. The maximum Gasteiger partial charge on any atom is 0.145 e. The lowest BCUT2D eigenvalue weighted by Crippen LogP contribution is -2.19. The zero-order chi connectivity index (χ0) is 7.28. The van der Waals surface area contributed by atoms with Crippen LogP contribution in [0.1, 0.15) is 6.42 Å². The van der Waals surface area contributed by atoms with E-state index in [2.05, 4.69) is 0 Å². The summed E-state index contributed by atoms with van der Waals surface area (Å²) < 4.78 is 20.3. The van der Waals surface area contributed by atoms with Gasteiger partial charge in [0.25, 0.3) is 0 Å². The van der Waals surface area contributed by atoms with E-state index in [1.54, 1.807) is 0 Å². The van der Waals surface area contributed by atoms with E-state index in [4.69, 9.17) is 10.8 Å². The van der Waals surface area contributed by atoms with Crippen molar-refractivity contribution in [2.24, 2.45) is 5.73 Å². The van der Waals surface area contributed by atoms with Gasteiger partial charge in [-0.2, -0.15) is 0 Å². The van der Waals surface area contributed by atoms with Crippen LogP contribution in [0, 0.1) is 0 Å². The van der Waals surface area contributed by atoms with Gasteiger partial charge in [-0.3, -0.25) is 0 Å². The third-order valence-electron chi connectivity index (χ3n) is 1.01. The van der Waals surface area contributed by atoms with Crippen LogP contribution in [0.5, 0.6) is 0 Å². The molecule has 0 aromatic carbocycles. The van der Waals surface area contributed by atoms with Crippen LogP contribution in [0.3, 0.4) is 0 Å². The van der Waals surface area contributed by atoms with Crippen molar-refractivity contribution in [2.45, 2.75) is 11.7 Å². The number of rotatable bonds is 4. The van der Waals surface area contributed by atoms with Gasteiger partial charge in [-0.15, -0.1) is 0 Å². The highest BCUT2D eigenvalue weighted by atomic mass is 32.2. The summed E-state index contributed by atoms with van der Waals surface area (Å²) in [5.41, 5.74) is 5.06. The molecule has 9 heavy (non-hydrogen) atoms. The van der Waals surface area contributed by atoms with E-state index in [1.165, 1.54) is 0 Å². The van der Waals surface area contributed by atoms with Crippen molar-refractivity contribution in [1.29, 1.82) is 0 Å². The van der Waals surface area contributed by atoms with Crippen molar-refractivity contribution in [3.8, 4) is 0 Å². The molecule has 0 aliphatic carbocycles. The molecule has 0 bridgehead atoms. The van der Waals surface area contributed by atoms with Gasteiger partial charge < -0.3 is 10.8 Å². The first-order valence-corrected chi connectivity index (χ1v) is 3.91. The van der Waals surface area contributed by atoms with E-state index in [9.17, 15) is 8.42 Å². The molecule has 1 unspecified atom stereocenters. The zero-order valence-corrected chi connectivity index (χ0v) is 5.88. The Balaban J connectivity index is 3.68. The fraction of sp³-hybridized carbons (Fsp3) is 1.00. The van der Waals surface area contributed by atoms with Gasteiger partial charge in [0.1, 0.15) is 10.7 Å². The Morgan fingerprint density at radius 2 is 2.11 bits per heavy atom. The van der Waals surface area contributed by atoms with Gasteiger partial charge in [0, 0.05) is 0 Å². The van der Waals surface area contributed by atoms with E-state index in [0.29, 0.717) is 13.0 Å². The molecular formula is C4H11NO3S. The fourth-order valence-electron chi connectivity index (χ4n) is 0.456. The minimum atomic E-state index is -2.50. The Bertz CT molecular complexity index is 126. The Kier molecular flexibility index (Phi) is 4.65. The van der Waals surface area contributed by atoms with Crippen LogP contribution in [0.4, 0.5) is 0 Å². The minimum Gasteiger partial charge on any atom is -0.395 e. The summed E-state index contributed by atoms with van der Waals surface area (Å²) in [4.78, 5) is 0. The highest BCUT2D eigenvalue weighted by Gasteiger charge is 2.07. The molecule has 0 aromatic rings. The second kappa shape index (κ2) is 4.72. The smallest absolute Gasteiger partial charge is 0.145 e. The zero-order valence-electron chi connectivity index (χ0n) is 4.99. The quantitative estimate of drug-likeness (QED) is 0.421. The summed E-state index contributed by atoms with van der Waals surface area (Å²) in [5.74, 6) is 0. The molecule has 0 rings (SSSR count). The van der Waals surface area contributed by atoms with Gasteiger partial charge in [0.2, 0.25) is 0 Å². The molecule has 0 aliphatic heterocycles. The van der Waals surface area contributed by atoms with Gasteiger partial charge in [-0.1, -0.05) is 0 Å². The van der Waals surface area contributed by atoms with Crippen LogP contribution in [0.25, 0.3) is 0 Å². The van der Waals surface area contributed by atoms with E-state index in [-0.39, 0.29) is 6.61 Å². The van der Waals surface area contributed by atoms with E-state index < -0.39 is 16.0 Å². The average molecular weight is 153 g/mol. The summed E-state index contributed by atoms with van der Waals surface area (Å²) in [5, 5.41) is 7.74. The van der Waals surface area contributed by atoms with Crippen LogP contribution in [-0.2, 0) is 10.7 Å². The molecule has 0 amide bonds. The predicted molar refractivity (Wildman–Crippen MR) is 34.9 cm³/mol. The second-order valence-corrected chi connectivity index (χ2v) is 3.00. The van der Waals surface area contributed by atoms with Gasteiger partial charge in [0.15, 0.2) is 0 Å². The Labute approximate surface area is 55.6 Å². The first-order chi connectivity index (χ1) is 4.22. The van der Waals surface area contributed by atoms with Crippen molar-refractivity contribution < 1.29 is 13.5 Å². The topological polar surface area (TPSA) is 80.4 Å².